The first-order chi connectivity index (χ1) is 7.03. The quantitative estimate of drug-likeness (QED) is 0.614. The number of hydrogen-bond donors (Lipinski definition) is 0. The number of hydrogen-bond acceptors (Lipinski definition) is 2. The van der Waals surface area contributed by atoms with Gasteiger partial charge in [0.25, 0.3) is 0 Å². The fourth-order valence-electron chi connectivity index (χ4n) is 2.66. The fraction of sp³-hybridized carbons (Fsp3) is 0.692. The van der Waals surface area contributed by atoms with Crippen molar-refractivity contribution in [3.63, 3.8) is 0 Å². The van der Waals surface area contributed by atoms with E-state index in [2.05, 4.69) is 33.8 Å². The Bertz CT molecular complexity index is 294. The second-order valence-electron chi connectivity index (χ2n) is 5.30. The fourth-order valence-corrected chi connectivity index (χ4v) is 2.66. The summed E-state index contributed by atoms with van der Waals surface area (Å²) in [6, 6.07) is 0. The molecule has 2 heteroatoms. The zero-order chi connectivity index (χ0) is 11.1. The lowest BCUT2D eigenvalue weighted by Crippen LogP contribution is -2.42. The Hall–Kier alpha value is -0.920. The van der Waals surface area contributed by atoms with Gasteiger partial charge in [-0.15, -0.1) is 0 Å². The molecule has 0 fully saturated rings. The highest BCUT2D eigenvalue weighted by atomic mass is 16.7. The van der Waals surface area contributed by atoms with E-state index in [0.29, 0.717) is 11.8 Å². The highest BCUT2D eigenvalue weighted by Gasteiger charge is 2.44. The van der Waals surface area contributed by atoms with E-state index in [0.717, 1.165) is 6.42 Å². The van der Waals surface area contributed by atoms with Crippen LogP contribution in [0.2, 0.25) is 0 Å². The van der Waals surface area contributed by atoms with Crippen LogP contribution in [0.15, 0.2) is 24.2 Å². The molecule has 1 aliphatic carbocycles. The molecule has 2 rings (SSSR count). The lowest BCUT2D eigenvalue weighted by Gasteiger charge is -2.44. The van der Waals surface area contributed by atoms with Gasteiger partial charge in [-0.2, -0.15) is 0 Å². The highest BCUT2D eigenvalue weighted by Crippen LogP contribution is 2.47. The van der Waals surface area contributed by atoms with Crippen molar-refractivity contribution in [2.24, 2.45) is 17.3 Å². The van der Waals surface area contributed by atoms with Crippen molar-refractivity contribution in [3.05, 3.63) is 24.2 Å². The Morgan fingerprint density at radius 1 is 1.27 bits per heavy atom. The van der Waals surface area contributed by atoms with Crippen LogP contribution >= 0.6 is 0 Å². The maximum atomic E-state index is 5.50. The molecule has 0 bridgehead atoms. The molecule has 0 saturated heterocycles. The van der Waals surface area contributed by atoms with Crippen molar-refractivity contribution in [2.45, 2.75) is 40.4 Å². The Morgan fingerprint density at radius 2 is 1.87 bits per heavy atom. The molecule has 84 valence electrons. The smallest absolute Gasteiger partial charge is 0.246 e. The van der Waals surface area contributed by atoms with Crippen LogP contribution in [0, 0.1) is 17.3 Å². The van der Waals surface area contributed by atoms with Gasteiger partial charge in [-0.25, -0.2) is 0 Å². The number of allylic oxidation sites excluding steroid dienone is 1. The third-order valence-electron chi connectivity index (χ3n) is 4.11. The molecule has 0 saturated carbocycles. The van der Waals surface area contributed by atoms with E-state index in [-0.39, 0.29) is 11.7 Å². The maximum Gasteiger partial charge on any atom is 0.246 e. The second-order valence-corrected chi connectivity index (χ2v) is 5.30. The van der Waals surface area contributed by atoms with Gasteiger partial charge in [0.1, 0.15) is 12.5 Å². The minimum absolute atomic E-state index is 0.126. The van der Waals surface area contributed by atoms with Gasteiger partial charge < -0.3 is 9.47 Å². The molecule has 15 heavy (non-hydrogen) atoms. The first-order valence-corrected chi connectivity index (χ1v) is 5.66. The predicted molar refractivity (Wildman–Crippen MR) is 59.9 cm³/mol. The first kappa shape index (κ1) is 10.6. The minimum Gasteiger partial charge on any atom is -0.459 e. The zero-order valence-electron chi connectivity index (χ0n) is 9.99. The first-order valence-electron chi connectivity index (χ1n) is 5.66. The van der Waals surface area contributed by atoms with Crippen molar-refractivity contribution < 1.29 is 9.47 Å². The molecular weight excluding hydrogens is 188 g/mol. The van der Waals surface area contributed by atoms with Gasteiger partial charge in [-0.05, 0) is 24.7 Å². The van der Waals surface area contributed by atoms with Gasteiger partial charge in [0.15, 0.2) is 0 Å². The molecule has 2 aliphatic rings. The third-order valence-corrected chi connectivity index (χ3v) is 4.11. The van der Waals surface area contributed by atoms with Gasteiger partial charge in [-0.1, -0.05) is 32.4 Å². The minimum atomic E-state index is -0.126. The highest BCUT2D eigenvalue weighted by molar-refractivity contribution is 5.15. The molecule has 0 aromatic carbocycles. The summed E-state index contributed by atoms with van der Waals surface area (Å²) in [5, 5.41) is 0. The van der Waals surface area contributed by atoms with Gasteiger partial charge in [0, 0.05) is 0 Å². The predicted octanol–water partition coefficient (Wildman–Crippen LogP) is 3.46. The van der Waals surface area contributed by atoms with Crippen LogP contribution in [-0.4, -0.2) is 6.29 Å². The summed E-state index contributed by atoms with van der Waals surface area (Å²) in [6.45, 7) is 9.11. The van der Waals surface area contributed by atoms with Crippen molar-refractivity contribution in [1.82, 2.24) is 0 Å². The monoisotopic (exact) mass is 208 g/mol. The number of ether oxygens (including phenoxy) is 2. The van der Waals surface area contributed by atoms with Crippen LogP contribution in [0.3, 0.4) is 0 Å². The van der Waals surface area contributed by atoms with E-state index in [4.69, 9.17) is 9.47 Å². The average Bonchev–Trinajstić information content (AvgIpc) is 2.65. The Morgan fingerprint density at radius 3 is 2.47 bits per heavy atom. The van der Waals surface area contributed by atoms with Gasteiger partial charge in [-0.3, -0.25) is 0 Å². The van der Waals surface area contributed by atoms with Crippen LogP contribution in [0.25, 0.3) is 0 Å². The largest absolute Gasteiger partial charge is 0.459 e. The van der Waals surface area contributed by atoms with E-state index in [9.17, 15) is 0 Å². The summed E-state index contributed by atoms with van der Waals surface area (Å²) < 4.78 is 11.0. The Labute approximate surface area is 92.0 Å². The normalized spacial score (nSPS) is 34.5. The zero-order valence-corrected chi connectivity index (χ0v) is 9.99. The molecule has 0 aromatic heterocycles. The van der Waals surface area contributed by atoms with Crippen molar-refractivity contribution in [2.75, 3.05) is 0 Å². The third kappa shape index (κ3) is 1.66. The van der Waals surface area contributed by atoms with E-state index >= 15 is 0 Å². The second kappa shape index (κ2) is 3.58. The molecule has 1 aliphatic heterocycles. The molecule has 0 radical (unpaired) electrons. The molecule has 0 N–H and O–H groups in total. The standard InChI is InChI=1S/C13H20O2/c1-9-5-6-10(2)13(3,4)11(9)12-14-7-8-15-12/h5,7-8,10-12H,6H2,1-4H3/t10-,11+/m1/s1. The van der Waals surface area contributed by atoms with Crippen LogP contribution in [0.4, 0.5) is 0 Å². The van der Waals surface area contributed by atoms with Crippen LogP contribution in [-0.2, 0) is 9.47 Å². The Balaban J connectivity index is 2.25. The van der Waals surface area contributed by atoms with Crippen molar-refractivity contribution in [1.29, 1.82) is 0 Å². The van der Waals surface area contributed by atoms with E-state index in [1.54, 1.807) is 12.5 Å². The molecule has 2 nitrogen and oxygen atoms in total. The summed E-state index contributed by atoms with van der Waals surface area (Å²) in [4.78, 5) is 0. The summed E-state index contributed by atoms with van der Waals surface area (Å²) in [5.74, 6) is 1.02. The van der Waals surface area contributed by atoms with Gasteiger partial charge in [0.2, 0.25) is 6.29 Å². The maximum absolute atomic E-state index is 5.50. The van der Waals surface area contributed by atoms with Gasteiger partial charge >= 0.3 is 0 Å². The Kier molecular flexibility index (Phi) is 2.53. The topological polar surface area (TPSA) is 18.5 Å². The van der Waals surface area contributed by atoms with E-state index in [1.165, 1.54) is 5.57 Å². The molecule has 0 amide bonds. The van der Waals surface area contributed by atoms with Crippen LogP contribution in [0.1, 0.15) is 34.1 Å². The molecule has 0 spiro atoms. The summed E-state index contributed by atoms with van der Waals surface area (Å²) in [6.07, 6.45) is 6.65. The molecular formula is C13H20O2. The van der Waals surface area contributed by atoms with E-state index < -0.39 is 0 Å². The summed E-state index contributed by atoms with van der Waals surface area (Å²) >= 11 is 0. The van der Waals surface area contributed by atoms with Crippen molar-refractivity contribution in [3.8, 4) is 0 Å². The summed E-state index contributed by atoms with van der Waals surface area (Å²) in [5.41, 5.74) is 1.63. The molecule has 0 aromatic rings. The molecule has 2 atom stereocenters. The molecule has 1 heterocycles. The SMILES string of the molecule is CC1=CC[C@@H](C)C(C)(C)[C@@H]1C1OC=CO1. The molecule has 0 unspecified atom stereocenters. The lowest BCUT2D eigenvalue weighted by atomic mass is 9.63. The average molecular weight is 208 g/mol. The number of rotatable bonds is 1. The van der Waals surface area contributed by atoms with Gasteiger partial charge in [0.05, 0.1) is 5.92 Å². The lowest BCUT2D eigenvalue weighted by molar-refractivity contribution is -0.102. The van der Waals surface area contributed by atoms with Crippen molar-refractivity contribution >= 4 is 0 Å². The van der Waals surface area contributed by atoms with Crippen LogP contribution < -0.4 is 0 Å². The van der Waals surface area contributed by atoms with E-state index in [1.807, 2.05) is 0 Å². The van der Waals surface area contributed by atoms with Crippen LogP contribution in [0.5, 0.6) is 0 Å². The summed E-state index contributed by atoms with van der Waals surface area (Å²) in [7, 11) is 0.